The number of alkyl halides is 3. The molecular formula is C32H31F3N4O3. The first-order valence-electron chi connectivity index (χ1n) is 13.6. The normalized spacial score (nSPS) is 13.4. The van der Waals surface area contributed by atoms with Gasteiger partial charge in [-0.25, -0.2) is 4.79 Å². The number of amides is 3. The number of urea groups is 1. The number of fused-ring (bicyclic) bond motifs is 2. The van der Waals surface area contributed by atoms with Crippen LogP contribution in [0.5, 0.6) is 5.75 Å². The van der Waals surface area contributed by atoms with Crippen LogP contribution in [0.4, 0.5) is 18.0 Å². The molecule has 5 rings (SSSR count). The molecule has 7 nitrogen and oxygen atoms in total. The Labute approximate surface area is 241 Å². The Morgan fingerprint density at radius 2 is 1.76 bits per heavy atom. The highest BCUT2D eigenvalue weighted by Gasteiger charge is 2.32. The van der Waals surface area contributed by atoms with Gasteiger partial charge in [0.05, 0.1) is 12.2 Å². The Hall–Kier alpha value is -4.60. The van der Waals surface area contributed by atoms with Crippen molar-refractivity contribution >= 4 is 22.7 Å². The molecule has 0 atom stereocenters. The predicted molar refractivity (Wildman–Crippen MR) is 154 cm³/mol. The van der Waals surface area contributed by atoms with E-state index in [0.717, 1.165) is 22.0 Å². The lowest BCUT2D eigenvalue weighted by Crippen LogP contribution is -2.50. The molecule has 218 valence electrons. The Kier molecular flexibility index (Phi) is 7.81. The lowest BCUT2D eigenvalue weighted by atomic mass is 9.87. The quantitative estimate of drug-likeness (QED) is 0.281. The van der Waals surface area contributed by atoms with Gasteiger partial charge in [-0.3, -0.25) is 9.78 Å². The Morgan fingerprint density at radius 3 is 2.52 bits per heavy atom. The number of pyridine rings is 1. The largest absolute Gasteiger partial charge is 0.573 e. The van der Waals surface area contributed by atoms with Gasteiger partial charge in [-0.15, -0.1) is 13.2 Å². The number of hydrogen-bond acceptors (Lipinski definition) is 4. The number of rotatable bonds is 5. The van der Waals surface area contributed by atoms with Crippen molar-refractivity contribution in [1.29, 1.82) is 0 Å². The van der Waals surface area contributed by atoms with Crippen LogP contribution in [0.2, 0.25) is 0 Å². The molecule has 0 aliphatic carbocycles. The molecule has 10 heteroatoms. The number of carbonyl (C=O) groups is 2. The minimum Gasteiger partial charge on any atom is -0.406 e. The molecule has 2 heterocycles. The molecule has 0 radical (unpaired) electrons. The fraction of sp³-hybridized carbons (Fsp3) is 0.281. The maximum Gasteiger partial charge on any atom is 0.573 e. The molecule has 4 aromatic rings. The van der Waals surface area contributed by atoms with E-state index < -0.39 is 11.9 Å². The molecule has 0 unspecified atom stereocenters. The van der Waals surface area contributed by atoms with Crippen molar-refractivity contribution < 1.29 is 27.5 Å². The molecule has 0 saturated heterocycles. The van der Waals surface area contributed by atoms with Crippen LogP contribution in [0.15, 0.2) is 72.9 Å². The molecule has 2 N–H and O–H groups in total. The maximum absolute atomic E-state index is 13.6. The molecule has 3 amide bonds. The smallest absolute Gasteiger partial charge is 0.406 e. The van der Waals surface area contributed by atoms with E-state index in [4.69, 9.17) is 0 Å². The number of nitrogens with zero attached hydrogens (tertiary/aromatic N) is 2. The average Bonchev–Trinajstić information content (AvgIpc) is 2.93. The molecule has 42 heavy (non-hydrogen) atoms. The van der Waals surface area contributed by atoms with Crippen LogP contribution < -0.4 is 15.4 Å². The van der Waals surface area contributed by atoms with Crippen molar-refractivity contribution in [1.82, 2.24) is 20.5 Å². The van der Waals surface area contributed by atoms with Gasteiger partial charge in [-0.2, -0.15) is 0 Å². The highest BCUT2D eigenvalue weighted by molar-refractivity contribution is 5.97. The molecule has 1 aromatic heterocycles. The van der Waals surface area contributed by atoms with E-state index in [1.54, 1.807) is 29.3 Å². The molecule has 0 saturated carbocycles. The SMILES string of the molecule is CC(C)(C)NC(=O)N1CCc2c(-c3cccc(OC(F)(F)F)c3)ccc(C(=O)NCc3nccc4ccccc34)c2C1. The standard InChI is InChI=1S/C32H31F3N4O3/c1-31(2,3)38-30(41)39-16-14-25-23(21-8-6-9-22(17-21)42-32(33,34)35)11-12-26(27(25)19-39)29(40)37-18-28-24-10-5-4-7-20(24)13-15-36-28/h4-13,15,17H,14,16,18-19H2,1-3H3,(H,37,40)(H,38,41). The molecule has 3 aromatic carbocycles. The molecule has 0 spiro atoms. The summed E-state index contributed by atoms with van der Waals surface area (Å²) in [7, 11) is 0. The minimum atomic E-state index is -4.82. The number of hydrogen-bond donors (Lipinski definition) is 2. The van der Waals surface area contributed by atoms with Crippen LogP contribution in [0, 0.1) is 0 Å². The van der Waals surface area contributed by atoms with Crippen molar-refractivity contribution in [2.75, 3.05) is 6.54 Å². The zero-order chi connectivity index (χ0) is 30.1. The predicted octanol–water partition coefficient (Wildman–Crippen LogP) is 6.60. The molecule has 0 fully saturated rings. The zero-order valence-corrected chi connectivity index (χ0v) is 23.5. The van der Waals surface area contributed by atoms with E-state index in [-0.39, 0.29) is 30.8 Å². The number of benzene rings is 3. The van der Waals surface area contributed by atoms with Crippen molar-refractivity contribution in [3.63, 3.8) is 0 Å². The number of aromatic nitrogens is 1. The second-order valence-electron chi connectivity index (χ2n) is 11.2. The van der Waals surface area contributed by atoms with Crippen LogP contribution in [0.1, 0.15) is 48.0 Å². The summed E-state index contributed by atoms with van der Waals surface area (Å²) in [6.45, 7) is 6.40. The minimum absolute atomic E-state index is 0.166. The van der Waals surface area contributed by atoms with Crippen LogP contribution >= 0.6 is 0 Å². The summed E-state index contributed by atoms with van der Waals surface area (Å²) in [5.41, 5.74) is 3.31. The Balaban J connectivity index is 1.49. The second kappa shape index (κ2) is 11.3. The van der Waals surface area contributed by atoms with E-state index in [1.165, 1.54) is 18.2 Å². The van der Waals surface area contributed by atoms with Gasteiger partial charge in [0.25, 0.3) is 5.91 Å². The van der Waals surface area contributed by atoms with E-state index in [2.05, 4.69) is 20.4 Å². The van der Waals surface area contributed by atoms with Gasteiger partial charge in [0.2, 0.25) is 0 Å². The summed E-state index contributed by atoms with van der Waals surface area (Å²) >= 11 is 0. The van der Waals surface area contributed by atoms with Gasteiger partial charge in [0.1, 0.15) is 5.75 Å². The molecular weight excluding hydrogens is 545 g/mol. The van der Waals surface area contributed by atoms with Crippen LogP contribution in [-0.4, -0.2) is 40.3 Å². The number of carbonyl (C=O) groups excluding carboxylic acids is 2. The number of halogens is 3. The Bertz CT molecular complexity index is 1640. The first-order chi connectivity index (χ1) is 19.9. The van der Waals surface area contributed by atoms with Gasteiger partial charge in [-0.1, -0.05) is 42.5 Å². The lowest BCUT2D eigenvalue weighted by Gasteiger charge is -2.34. The van der Waals surface area contributed by atoms with Crippen LogP contribution in [0.25, 0.3) is 21.9 Å². The van der Waals surface area contributed by atoms with E-state index in [9.17, 15) is 22.8 Å². The highest BCUT2D eigenvalue weighted by atomic mass is 19.4. The van der Waals surface area contributed by atoms with E-state index in [1.807, 2.05) is 51.1 Å². The van der Waals surface area contributed by atoms with Gasteiger partial charge in [-0.05, 0) is 79.1 Å². The second-order valence-corrected chi connectivity index (χ2v) is 11.2. The van der Waals surface area contributed by atoms with Crippen molar-refractivity contribution in [2.24, 2.45) is 0 Å². The first-order valence-corrected chi connectivity index (χ1v) is 13.6. The summed E-state index contributed by atoms with van der Waals surface area (Å²) in [6.07, 6.45) is -2.71. The zero-order valence-electron chi connectivity index (χ0n) is 23.5. The average molecular weight is 577 g/mol. The van der Waals surface area contributed by atoms with Gasteiger partial charge in [0.15, 0.2) is 0 Å². The molecule has 1 aliphatic rings. The number of ether oxygens (including phenoxy) is 1. The summed E-state index contributed by atoms with van der Waals surface area (Å²) in [6, 6.07) is 18.6. The first kappa shape index (κ1) is 28.9. The van der Waals surface area contributed by atoms with Gasteiger partial charge in [0, 0.05) is 35.8 Å². The fourth-order valence-electron chi connectivity index (χ4n) is 5.18. The summed E-state index contributed by atoms with van der Waals surface area (Å²) in [5, 5.41) is 7.87. The summed E-state index contributed by atoms with van der Waals surface area (Å²) in [4.78, 5) is 32.7. The van der Waals surface area contributed by atoms with Crippen molar-refractivity contribution in [3.05, 3.63) is 95.3 Å². The highest BCUT2D eigenvalue weighted by Crippen LogP contribution is 2.35. The summed E-state index contributed by atoms with van der Waals surface area (Å²) in [5.74, 6) is -0.667. The Morgan fingerprint density at radius 1 is 0.976 bits per heavy atom. The van der Waals surface area contributed by atoms with E-state index in [0.29, 0.717) is 35.2 Å². The van der Waals surface area contributed by atoms with Gasteiger partial charge < -0.3 is 20.3 Å². The van der Waals surface area contributed by atoms with Crippen molar-refractivity contribution in [2.45, 2.75) is 52.2 Å². The van der Waals surface area contributed by atoms with Crippen molar-refractivity contribution in [3.8, 4) is 16.9 Å². The fourth-order valence-corrected chi connectivity index (χ4v) is 5.18. The number of nitrogens with one attached hydrogen (secondary N) is 2. The third-order valence-corrected chi connectivity index (χ3v) is 6.98. The maximum atomic E-state index is 13.6. The molecule has 0 bridgehead atoms. The van der Waals surface area contributed by atoms with Crippen LogP contribution in [0.3, 0.4) is 0 Å². The third kappa shape index (κ3) is 6.64. The summed E-state index contributed by atoms with van der Waals surface area (Å²) < 4.78 is 42.8. The third-order valence-electron chi connectivity index (χ3n) is 6.98. The monoisotopic (exact) mass is 576 g/mol. The van der Waals surface area contributed by atoms with E-state index >= 15 is 0 Å². The molecule has 1 aliphatic heterocycles. The lowest BCUT2D eigenvalue weighted by molar-refractivity contribution is -0.274. The van der Waals surface area contributed by atoms with Gasteiger partial charge >= 0.3 is 12.4 Å². The topological polar surface area (TPSA) is 83.6 Å². The van der Waals surface area contributed by atoms with Crippen LogP contribution in [-0.2, 0) is 19.5 Å².